The lowest BCUT2D eigenvalue weighted by Gasteiger charge is -2.44. The fourth-order valence-corrected chi connectivity index (χ4v) is 5.29. The van der Waals surface area contributed by atoms with Crippen LogP contribution in [0.1, 0.15) is 6.92 Å². The van der Waals surface area contributed by atoms with Crippen LogP contribution >= 0.6 is 0 Å². The van der Waals surface area contributed by atoms with Gasteiger partial charge >= 0.3 is 5.97 Å². The van der Waals surface area contributed by atoms with Gasteiger partial charge in [0.15, 0.2) is 17.8 Å². The van der Waals surface area contributed by atoms with Gasteiger partial charge < -0.3 is 68.9 Å². The zero-order valence-electron chi connectivity index (χ0n) is 22.1. The van der Waals surface area contributed by atoms with E-state index in [1.54, 1.807) is 0 Å². The molecule has 2 aliphatic heterocycles. The van der Waals surface area contributed by atoms with Gasteiger partial charge in [0.25, 0.3) is 0 Å². The number of fused-ring (bicyclic) bond motifs is 1. The standard InChI is InChI=1S/C25H34O15/c1-25(33)15-14(18(28)21(25)31)10(22(32)36-4)7-38-23(15)40-24-20(30)19(29)17(27)13(39-24)8-37-9-5-11(34-2)16(26)12(6-9)35-3/h5-7,13-15,17-21,23-24,26-31,33H,8H2,1-4H3/t13-,14-,15-,17-,18+,19+,20-,21-,23+,24+,25-/m1/s1. The Labute approximate surface area is 228 Å². The molecule has 0 aromatic heterocycles. The van der Waals surface area contributed by atoms with Gasteiger partial charge in [-0.3, -0.25) is 0 Å². The van der Waals surface area contributed by atoms with Gasteiger partial charge in [-0.25, -0.2) is 4.79 Å². The summed E-state index contributed by atoms with van der Waals surface area (Å²) in [5.41, 5.74) is -2.18. The molecular formula is C25H34O15. The van der Waals surface area contributed by atoms with E-state index >= 15 is 0 Å². The number of hydrogen-bond donors (Lipinski definition) is 7. The van der Waals surface area contributed by atoms with Crippen molar-refractivity contribution in [3.63, 3.8) is 0 Å². The number of phenols is 1. The summed E-state index contributed by atoms with van der Waals surface area (Å²) in [5, 5.41) is 73.9. The lowest BCUT2D eigenvalue weighted by molar-refractivity contribution is -0.346. The number of methoxy groups -OCH3 is 3. The van der Waals surface area contributed by atoms with Crippen molar-refractivity contribution >= 4 is 5.97 Å². The van der Waals surface area contributed by atoms with Crippen LogP contribution in [-0.2, 0) is 23.7 Å². The molecule has 40 heavy (non-hydrogen) atoms. The number of carbonyl (C=O) groups excluding carboxylic acids is 1. The molecule has 2 heterocycles. The summed E-state index contributed by atoms with van der Waals surface area (Å²) >= 11 is 0. The molecule has 0 bridgehead atoms. The molecule has 1 aliphatic carbocycles. The first kappa shape index (κ1) is 30.1. The lowest BCUT2D eigenvalue weighted by atomic mass is 9.80. The van der Waals surface area contributed by atoms with Crippen LogP contribution in [0.25, 0.3) is 0 Å². The number of ether oxygens (including phenoxy) is 7. The van der Waals surface area contributed by atoms with Gasteiger partial charge in [-0.05, 0) is 6.92 Å². The van der Waals surface area contributed by atoms with Crippen molar-refractivity contribution in [2.24, 2.45) is 11.8 Å². The average Bonchev–Trinajstić information content (AvgIpc) is 3.13. The monoisotopic (exact) mass is 574 g/mol. The second-order valence-electron chi connectivity index (χ2n) is 9.92. The van der Waals surface area contributed by atoms with Gasteiger partial charge in [-0.15, -0.1) is 0 Å². The van der Waals surface area contributed by atoms with E-state index in [4.69, 9.17) is 33.2 Å². The van der Waals surface area contributed by atoms with Crippen LogP contribution in [0.4, 0.5) is 0 Å². The molecule has 2 fully saturated rings. The number of hydrogen-bond acceptors (Lipinski definition) is 15. The molecule has 7 N–H and O–H groups in total. The van der Waals surface area contributed by atoms with Crippen molar-refractivity contribution in [3.8, 4) is 23.0 Å². The molecule has 4 rings (SSSR count). The highest BCUT2D eigenvalue weighted by Gasteiger charge is 2.64. The molecule has 1 saturated heterocycles. The SMILES string of the molecule is COC(=O)C1=CO[C@@H](O[C@@H]2O[C@H](COc3cc(OC)c(O)c(OC)c3)[C@@H](O)[C@H](O)[C@H]2O)[C@H]2[C@@H]1[C@H](O)[C@@H](O)[C@]2(C)O. The molecule has 1 aromatic rings. The zero-order chi connectivity index (χ0) is 29.5. The Morgan fingerprint density at radius 3 is 2.15 bits per heavy atom. The highest BCUT2D eigenvalue weighted by atomic mass is 16.8. The molecule has 224 valence electrons. The van der Waals surface area contributed by atoms with E-state index in [1.165, 1.54) is 33.3 Å². The molecule has 1 aromatic carbocycles. The number of esters is 1. The molecule has 0 radical (unpaired) electrons. The average molecular weight is 575 g/mol. The topological polar surface area (TPSA) is 223 Å². The lowest BCUT2D eigenvalue weighted by Crippen LogP contribution is -2.61. The Balaban J connectivity index is 1.54. The van der Waals surface area contributed by atoms with Gasteiger partial charge in [-0.1, -0.05) is 0 Å². The summed E-state index contributed by atoms with van der Waals surface area (Å²) in [6.07, 6.45) is -11.9. The van der Waals surface area contributed by atoms with Crippen LogP contribution < -0.4 is 14.2 Å². The maximum absolute atomic E-state index is 12.3. The third-order valence-corrected chi connectivity index (χ3v) is 7.56. The van der Waals surface area contributed by atoms with Crippen LogP contribution in [-0.4, -0.2) is 124 Å². The minimum atomic E-state index is -2.03. The van der Waals surface area contributed by atoms with Crippen LogP contribution in [0.15, 0.2) is 24.0 Å². The molecule has 15 heteroatoms. The number of aliphatic hydroxyl groups is 6. The van der Waals surface area contributed by atoms with Crippen molar-refractivity contribution < 1.29 is 73.7 Å². The summed E-state index contributed by atoms with van der Waals surface area (Å²) < 4.78 is 37.5. The van der Waals surface area contributed by atoms with E-state index in [0.29, 0.717) is 0 Å². The van der Waals surface area contributed by atoms with E-state index in [2.05, 4.69) is 0 Å². The number of phenolic OH excluding ortho intramolecular Hbond substituents is 1. The van der Waals surface area contributed by atoms with Gasteiger partial charge in [0.2, 0.25) is 12.0 Å². The van der Waals surface area contributed by atoms with Crippen LogP contribution in [0.2, 0.25) is 0 Å². The van der Waals surface area contributed by atoms with Gasteiger partial charge in [0.05, 0.1) is 50.8 Å². The van der Waals surface area contributed by atoms with E-state index in [9.17, 15) is 40.5 Å². The zero-order valence-corrected chi connectivity index (χ0v) is 22.1. The summed E-state index contributed by atoms with van der Waals surface area (Å²) in [4.78, 5) is 12.3. The van der Waals surface area contributed by atoms with Gasteiger partial charge in [0.1, 0.15) is 42.9 Å². The van der Waals surface area contributed by atoms with Crippen LogP contribution in [0, 0.1) is 11.8 Å². The third kappa shape index (κ3) is 5.14. The Hall–Kier alpha value is -2.89. The summed E-state index contributed by atoms with van der Waals surface area (Å²) in [6, 6.07) is 2.71. The largest absolute Gasteiger partial charge is 0.502 e. The highest BCUT2D eigenvalue weighted by molar-refractivity contribution is 5.89. The molecule has 11 atom stereocenters. The smallest absolute Gasteiger partial charge is 0.337 e. The van der Waals surface area contributed by atoms with Crippen LogP contribution in [0.5, 0.6) is 23.0 Å². The predicted octanol–water partition coefficient (Wildman–Crippen LogP) is -2.26. The molecule has 1 saturated carbocycles. The molecule has 15 nitrogen and oxygen atoms in total. The number of carbonyl (C=O) groups is 1. The van der Waals surface area contributed by atoms with E-state index in [0.717, 1.165) is 13.4 Å². The number of aliphatic hydroxyl groups excluding tert-OH is 5. The minimum Gasteiger partial charge on any atom is -0.502 e. The van der Waals surface area contributed by atoms with Crippen molar-refractivity contribution in [3.05, 3.63) is 24.0 Å². The third-order valence-electron chi connectivity index (χ3n) is 7.56. The first-order chi connectivity index (χ1) is 18.9. The highest BCUT2D eigenvalue weighted by Crippen LogP contribution is 2.50. The Morgan fingerprint density at radius 1 is 0.950 bits per heavy atom. The Morgan fingerprint density at radius 2 is 1.57 bits per heavy atom. The minimum absolute atomic E-state index is 0.0486. The quantitative estimate of drug-likeness (QED) is 0.163. The van der Waals surface area contributed by atoms with Crippen molar-refractivity contribution in [1.29, 1.82) is 0 Å². The molecule has 0 spiro atoms. The fourth-order valence-electron chi connectivity index (χ4n) is 5.29. The maximum atomic E-state index is 12.3. The van der Waals surface area contributed by atoms with E-state index in [1.807, 2.05) is 0 Å². The van der Waals surface area contributed by atoms with Gasteiger partial charge in [-0.2, -0.15) is 0 Å². The number of benzene rings is 1. The second kappa shape index (κ2) is 11.5. The maximum Gasteiger partial charge on any atom is 0.337 e. The van der Waals surface area contributed by atoms with Crippen molar-refractivity contribution in [2.75, 3.05) is 27.9 Å². The molecular weight excluding hydrogens is 540 g/mol. The predicted molar refractivity (Wildman–Crippen MR) is 129 cm³/mol. The first-order valence-electron chi connectivity index (χ1n) is 12.3. The normalized spacial score (nSPS) is 39.0. The second-order valence-corrected chi connectivity index (χ2v) is 9.92. The summed E-state index contributed by atoms with van der Waals surface area (Å²) in [6.45, 7) is 0.847. The van der Waals surface area contributed by atoms with E-state index in [-0.39, 0.29) is 35.2 Å². The molecule has 3 aliphatic rings. The Bertz CT molecular complexity index is 1080. The molecule has 0 unspecified atom stereocenters. The summed E-state index contributed by atoms with van der Waals surface area (Å²) in [5.74, 6) is -3.28. The molecule has 0 amide bonds. The number of rotatable bonds is 8. The van der Waals surface area contributed by atoms with Crippen molar-refractivity contribution in [1.82, 2.24) is 0 Å². The van der Waals surface area contributed by atoms with Crippen LogP contribution in [0.3, 0.4) is 0 Å². The fraction of sp³-hybridized carbons (Fsp3) is 0.640. The van der Waals surface area contributed by atoms with E-state index < -0.39 is 72.6 Å². The Kier molecular flexibility index (Phi) is 8.68. The van der Waals surface area contributed by atoms with Gasteiger partial charge in [0, 0.05) is 18.1 Å². The first-order valence-corrected chi connectivity index (χ1v) is 12.3. The summed E-state index contributed by atoms with van der Waals surface area (Å²) in [7, 11) is 3.77. The number of aromatic hydroxyl groups is 1. The van der Waals surface area contributed by atoms with Crippen molar-refractivity contribution in [2.45, 2.75) is 61.7 Å².